The van der Waals surface area contributed by atoms with Gasteiger partial charge in [0.05, 0.1) is 6.04 Å². The maximum Gasteiger partial charge on any atom is 0.325 e. The van der Waals surface area contributed by atoms with Crippen molar-refractivity contribution in [3.8, 4) is 0 Å². The monoisotopic (exact) mass is 349 g/mol. The summed E-state index contributed by atoms with van der Waals surface area (Å²) in [5.41, 5.74) is -0.660. The number of hydrogen-bond donors (Lipinski definition) is 2. The zero-order chi connectivity index (χ0) is 17.2. The number of nitrogens with one attached hydrogen (secondary N) is 2. The molecule has 1 spiro atoms. The van der Waals surface area contributed by atoms with Gasteiger partial charge >= 0.3 is 6.03 Å². The molecule has 1 saturated heterocycles. The van der Waals surface area contributed by atoms with E-state index in [1.807, 2.05) is 24.4 Å². The van der Waals surface area contributed by atoms with Crippen LogP contribution in [0.3, 0.4) is 0 Å². The van der Waals surface area contributed by atoms with Crippen molar-refractivity contribution in [2.45, 2.75) is 57.0 Å². The Balaban J connectivity index is 1.45. The van der Waals surface area contributed by atoms with Gasteiger partial charge < -0.3 is 10.6 Å². The molecule has 1 aromatic rings. The fourth-order valence-corrected chi connectivity index (χ4v) is 4.25. The Labute approximate surface area is 145 Å². The summed E-state index contributed by atoms with van der Waals surface area (Å²) in [5, 5.41) is 7.78. The van der Waals surface area contributed by atoms with Crippen molar-refractivity contribution in [3.63, 3.8) is 0 Å². The second kappa shape index (κ2) is 6.93. The number of amides is 4. The van der Waals surface area contributed by atoms with Crippen LogP contribution in [0.1, 0.15) is 56.4 Å². The fourth-order valence-electron chi connectivity index (χ4n) is 3.52. The summed E-state index contributed by atoms with van der Waals surface area (Å²) in [7, 11) is 0. The van der Waals surface area contributed by atoms with Gasteiger partial charge in [0.2, 0.25) is 5.91 Å². The van der Waals surface area contributed by atoms with Gasteiger partial charge in [-0.2, -0.15) is 0 Å². The van der Waals surface area contributed by atoms with Crippen molar-refractivity contribution in [1.29, 1.82) is 0 Å². The molecule has 130 valence electrons. The van der Waals surface area contributed by atoms with Crippen LogP contribution in [0.4, 0.5) is 4.79 Å². The van der Waals surface area contributed by atoms with Gasteiger partial charge in [0.15, 0.2) is 0 Å². The summed E-state index contributed by atoms with van der Waals surface area (Å²) in [6.07, 6.45) is 4.20. The van der Waals surface area contributed by atoms with E-state index < -0.39 is 5.54 Å². The molecular formula is C17H23N3O3S. The predicted octanol–water partition coefficient (Wildman–Crippen LogP) is 2.57. The highest BCUT2D eigenvalue weighted by atomic mass is 32.1. The zero-order valence-corrected chi connectivity index (χ0v) is 14.7. The van der Waals surface area contributed by atoms with Crippen LogP contribution in [-0.4, -0.2) is 34.8 Å². The lowest BCUT2D eigenvalue weighted by Gasteiger charge is -2.20. The molecule has 6 nitrogen and oxygen atoms in total. The maximum atomic E-state index is 12.5. The summed E-state index contributed by atoms with van der Waals surface area (Å²) in [6, 6.07) is 3.62. The van der Waals surface area contributed by atoms with Crippen LogP contribution in [0.15, 0.2) is 17.5 Å². The molecule has 2 N–H and O–H groups in total. The minimum atomic E-state index is -0.660. The van der Waals surface area contributed by atoms with E-state index in [0.717, 1.165) is 30.6 Å². The normalized spacial score (nSPS) is 20.5. The van der Waals surface area contributed by atoms with Gasteiger partial charge in [-0.25, -0.2) is 4.79 Å². The van der Waals surface area contributed by atoms with Crippen molar-refractivity contribution in [1.82, 2.24) is 15.5 Å². The van der Waals surface area contributed by atoms with Gasteiger partial charge in [-0.05, 0) is 37.6 Å². The Morgan fingerprint density at radius 1 is 1.42 bits per heavy atom. The molecular weight excluding hydrogens is 326 g/mol. The van der Waals surface area contributed by atoms with E-state index in [0.29, 0.717) is 19.4 Å². The Bertz CT molecular complexity index is 623. The average molecular weight is 349 g/mol. The van der Waals surface area contributed by atoms with E-state index in [4.69, 9.17) is 0 Å². The van der Waals surface area contributed by atoms with Gasteiger partial charge in [-0.15, -0.1) is 11.3 Å². The highest BCUT2D eigenvalue weighted by molar-refractivity contribution is 7.10. The molecule has 0 bridgehead atoms. The third kappa shape index (κ3) is 3.31. The standard InChI is InChI=1S/C17H23N3O3S/c1-12(13-6-5-11-24-13)18-14(21)7-4-10-20-15(22)17(19-16(20)23)8-2-3-9-17/h5-6,11-12H,2-4,7-10H2,1H3,(H,18,21)(H,19,23). The smallest absolute Gasteiger partial charge is 0.325 e. The highest BCUT2D eigenvalue weighted by Crippen LogP contribution is 2.35. The molecule has 1 aliphatic heterocycles. The quantitative estimate of drug-likeness (QED) is 0.775. The second-order valence-electron chi connectivity index (χ2n) is 6.58. The Hall–Kier alpha value is -1.89. The lowest BCUT2D eigenvalue weighted by Crippen LogP contribution is -2.44. The van der Waals surface area contributed by atoms with E-state index in [1.54, 1.807) is 11.3 Å². The molecule has 1 saturated carbocycles. The number of nitrogens with zero attached hydrogens (tertiary/aromatic N) is 1. The van der Waals surface area contributed by atoms with Gasteiger partial charge in [0, 0.05) is 17.8 Å². The van der Waals surface area contributed by atoms with Gasteiger partial charge in [-0.1, -0.05) is 18.9 Å². The van der Waals surface area contributed by atoms with Crippen LogP contribution < -0.4 is 10.6 Å². The summed E-state index contributed by atoms with van der Waals surface area (Å²) >= 11 is 1.61. The van der Waals surface area contributed by atoms with Gasteiger partial charge in [0.25, 0.3) is 5.91 Å². The average Bonchev–Trinajstić information content (AvgIpc) is 3.26. The molecule has 3 rings (SSSR count). The minimum Gasteiger partial charge on any atom is -0.349 e. The molecule has 1 aromatic heterocycles. The molecule has 2 aliphatic rings. The van der Waals surface area contributed by atoms with Crippen molar-refractivity contribution < 1.29 is 14.4 Å². The van der Waals surface area contributed by atoms with E-state index >= 15 is 0 Å². The van der Waals surface area contributed by atoms with Crippen LogP contribution in [0.5, 0.6) is 0 Å². The van der Waals surface area contributed by atoms with Crippen LogP contribution in [0.2, 0.25) is 0 Å². The molecule has 2 fully saturated rings. The SMILES string of the molecule is CC(NC(=O)CCCN1C(=O)NC2(CCCC2)C1=O)c1cccs1. The molecule has 1 atom stereocenters. The third-order valence-electron chi connectivity index (χ3n) is 4.84. The number of urea groups is 1. The Morgan fingerprint density at radius 2 is 2.17 bits per heavy atom. The topological polar surface area (TPSA) is 78.5 Å². The molecule has 2 heterocycles. The number of thiophene rings is 1. The fraction of sp³-hybridized carbons (Fsp3) is 0.588. The molecule has 0 aromatic carbocycles. The van der Waals surface area contributed by atoms with E-state index in [1.165, 1.54) is 4.90 Å². The van der Waals surface area contributed by atoms with E-state index in [9.17, 15) is 14.4 Å². The molecule has 1 aliphatic carbocycles. The lowest BCUT2D eigenvalue weighted by molar-refractivity contribution is -0.131. The van der Waals surface area contributed by atoms with Crippen molar-refractivity contribution >= 4 is 29.2 Å². The molecule has 7 heteroatoms. The first-order chi connectivity index (χ1) is 11.5. The minimum absolute atomic E-state index is 0.0176. The zero-order valence-electron chi connectivity index (χ0n) is 13.8. The van der Waals surface area contributed by atoms with Crippen molar-refractivity contribution in [2.75, 3.05) is 6.54 Å². The highest BCUT2D eigenvalue weighted by Gasteiger charge is 2.51. The first-order valence-corrected chi connectivity index (χ1v) is 9.37. The first-order valence-electron chi connectivity index (χ1n) is 8.49. The van der Waals surface area contributed by atoms with Crippen LogP contribution in [0, 0.1) is 0 Å². The summed E-state index contributed by atoms with van der Waals surface area (Å²) in [6.45, 7) is 2.25. The number of imide groups is 1. The second-order valence-corrected chi connectivity index (χ2v) is 7.56. The summed E-state index contributed by atoms with van der Waals surface area (Å²) in [4.78, 5) is 39.0. The largest absolute Gasteiger partial charge is 0.349 e. The van der Waals surface area contributed by atoms with Gasteiger partial charge in [-0.3, -0.25) is 14.5 Å². The number of hydrogen-bond acceptors (Lipinski definition) is 4. The van der Waals surface area contributed by atoms with Gasteiger partial charge in [0.1, 0.15) is 5.54 Å². The molecule has 1 unspecified atom stereocenters. The molecule has 4 amide bonds. The molecule has 24 heavy (non-hydrogen) atoms. The van der Waals surface area contributed by atoms with Crippen molar-refractivity contribution in [2.24, 2.45) is 0 Å². The maximum absolute atomic E-state index is 12.5. The number of carbonyl (C=O) groups is 3. The molecule has 0 radical (unpaired) electrons. The summed E-state index contributed by atoms with van der Waals surface area (Å²) in [5.74, 6) is -0.170. The van der Waals surface area contributed by atoms with E-state index in [-0.39, 0.29) is 23.9 Å². The Morgan fingerprint density at radius 3 is 2.83 bits per heavy atom. The van der Waals surface area contributed by atoms with E-state index in [2.05, 4.69) is 10.6 Å². The van der Waals surface area contributed by atoms with Crippen LogP contribution in [-0.2, 0) is 9.59 Å². The lowest BCUT2D eigenvalue weighted by atomic mass is 9.98. The number of carbonyl (C=O) groups excluding carboxylic acids is 3. The van der Waals surface area contributed by atoms with Crippen molar-refractivity contribution in [3.05, 3.63) is 22.4 Å². The van der Waals surface area contributed by atoms with Crippen LogP contribution >= 0.6 is 11.3 Å². The first kappa shape index (κ1) is 17.0. The Kier molecular flexibility index (Phi) is 4.89. The predicted molar refractivity (Wildman–Crippen MR) is 91.6 cm³/mol. The summed E-state index contributed by atoms with van der Waals surface area (Å²) < 4.78 is 0. The third-order valence-corrected chi connectivity index (χ3v) is 5.89. The number of rotatable bonds is 6. The van der Waals surface area contributed by atoms with Crippen LogP contribution in [0.25, 0.3) is 0 Å².